The average molecular weight is 493 g/mol. The molecule has 0 saturated carbocycles. The van der Waals surface area contributed by atoms with Gasteiger partial charge in [0.2, 0.25) is 0 Å². The van der Waals surface area contributed by atoms with Gasteiger partial charge in [0, 0.05) is 10.9 Å². The van der Waals surface area contributed by atoms with Gasteiger partial charge in [-0.1, -0.05) is 40.9 Å². The van der Waals surface area contributed by atoms with Crippen LogP contribution < -0.4 is 10.3 Å². The third kappa shape index (κ3) is 5.25. The lowest BCUT2D eigenvalue weighted by atomic mass is 10.2. The molecule has 0 aliphatic carbocycles. The third-order valence-corrected chi connectivity index (χ3v) is 5.05. The predicted octanol–water partition coefficient (Wildman–Crippen LogP) is 4.50. The molecule has 0 radical (unpaired) electrons. The molecule has 0 atom stereocenters. The lowest BCUT2D eigenvalue weighted by Crippen LogP contribution is -2.22. The van der Waals surface area contributed by atoms with Crippen LogP contribution in [-0.4, -0.2) is 33.6 Å². The molecule has 9 heteroatoms. The number of hydrogen-bond donors (Lipinski definition) is 1. The normalized spacial score (nSPS) is 11.3. The number of aromatic nitrogens is 2. The van der Waals surface area contributed by atoms with Crippen LogP contribution in [0.5, 0.6) is 5.75 Å². The zero-order valence-electron chi connectivity index (χ0n) is 16.1. The van der Waals surface area contributed by atoms with Crippen LogP contribution in [0.25, 0.3) is 10.9 Å². The van der Waals surface area contributed by atoms with Gasteiger partial charge >= 0.3 is 5.97 Å². The van der Waals surface area contributed by atoms with E-state index < -0.39 is 12.6 Å². The second-order valence-corrected chi connectivity index (χ2v) is 7.85. The van der Waals surface area contributed by atoms with Gasteiger partial charge in [-0.15, -0.1) is 0 Å². The van der Waals surface area contributed by atoms with E-state index in [0.29, 0.717) is 28.7 Å². The number of carboxylic acid groups (broad SMARTS) is 1. The molecule has 30 heavy (non-hydrogen) atoms. The Hall–Kier alpha value is -2.71. The zero-order chi connectivity index (χ0) is 21.7. The summed E-state index contributed by atoms with van der Waals surface area (Å²) in [5, 5.41) is 13.8. The number of unbranched alkanes of at least 4 members (excludes halogenated alkanes) is 1. The Balaban J connectivity index is 1.98. The number of fused-ring (bicyclic) bond motifs is 1. The van der Waals surface area contributed by atoms with Crippen molar-refractivity contribution in [2.75, 3.05) is 6.61 Å². The summed E-state index contributed by atoms with van der Waals surface area (Å²) in [6.07, 6.45) is 3.98. The maximum absolute atomic E-state index is 13.0. The number of hydrogen-bond acceptors (Lipinski definition) is 5. The standard InChI is InChI=1S/C21H19BrClN3O4/c1-2-3-4-19-25-17-7-6-14(22)10-15(17)21(29)26(19)24-11-13-5-8-18(16(23)9-13)30-12-20(27)28/h5-11H,2-4,12H2,1H3,(H,27,28). The fourth-order valence-electron chi connectivity index (χ4n) is 2.79. The van der Waals surface area contributed by atoms with Crippen molar-refractivity contribution in [3.8, 4) is 5.75 Å². The first-order chi connectivity index (χ1) is 14.4. The lowest BCUT2D eigenvalue weighted by Gasteiger charge is -2.09. The lowest BCUT2D eigenvalue weighted by molar-refractivity contribution is -0.139. The first kappa shape index (κ1) is 22.0. The van der Waals surface area contributed by atoms with E-state index in [2.05, 4.69) is 32.9 Å². The van der Waals surface area contributed by atoms with Crippen molar-refractivity contribution in [2.45, 2.75) is 26.2 Å². The van der Waals surface area contributed by atoms with Gasteiger partial charge in [-0.3, -0.25) is 4.79 Å². The van der Waals surface area contributed by atoms with E-state index in [1.807, 2.05) is 6.07 Å². The highest BCUT2D eigenvalue weighted by Crippen LogP contribution is 2.25. The Kier molecular flexibility index (Phi) is 7.23. The largest absolute Gasteiger partial charge is 0.480 e. The zero-order valence-corrected chi connectivity index (χ0v) is 18.5. The first-order valence-corrected chi connectivity index (χ1v) is 10.5. The molecule has 3 rings (SSSR count). The van der Waals surface area contributed by atoms with Gasteiger partial charge in [0.05, 0.1) is 22.1 Å². The van der Waals surface area contributed by atoms with Crippen LogP contribution >= 0.6 is 27.5 Å². The van der Waals surface area contributed by atoms with Crippen molar-refractivity contribution in [1.82, 2.24) is 9.66 Å². The fraction of sp³-hybridized carbons (Fsp3) is 0.238. The second-order valence-electron chi connectivity index (χ2n) is 6.53. The number of carboxylic acids is 1. The highest BCUT2D eigenvalue weighted by atomic mass is 79.9. The molecule has 1 heterocycles. The quantitative estimate of drug-likeness (QED) is 0.467. The van der Waals surface area contributed by atoms with Crippen LogP contribution in [-0.2, 0) is 11.2 Å². The van der Waals surface area contributed by atoms with E-state index in [0.717, 1.165) is 17.3 Å². The maximum atomic E-state index is 13.0. The van der Waals surface area contributed by atoms with E-state index in [4.69, 9.17) is 21.4 Å². The minimum atomic E-state index is -1.09. The summed E-state index contributed by atoms with van der Waals surface area (Å²) in [5.74, 6) is -0.249. The van der Waals surface area contributed by atoms with Crippen LogP contribution in [0, 0.1) is 0 Å². The molecule has 0 aliphatic heterocycles. The Morgan fingerprint density at radius 3 is 2.83 bits per heavy atom. The molecule has 1 aromatic heterocycles. The number of halogens is 2. The number of rotatable bonds is 8. The van der Waals surface area contributed by atoms with Crippen LogP contribution in [0.3, 0.4) is 0 Å². The number of aryl methyl sites for hydroxylation is 1. The summed E-state index contributed by atoms with van der Waals surface area (Å²) >= 11 is 9.54. The molecule has 2 aromatic carbocycles. The van der Waals surface area contributed by atoms with Gasteiger partial charge in [-0.2, -0.15) is 9.78 Å². The van der Waals surface area contributed by atoms with Gasteiger partial charge in [0.25, 0.3) is 5.56 Å². The predicted molar refractivity (Wildman–Crippen MR) is 120 cm³/mol. The summed E-state index contributed by atoms with van der Waals surface area (Å²) in [4.78, 5) is 28.3. The van der Waals surface area contributed by atoms with Crippen LogP contribution in [0.4, 0.5) is 0 Å². The number of ether oxygens (including phenoxy) is 1. The molecule has 0 spiro atoms. The van der Waals surface area contributed by atoms with Gasteiger partial charge in [0.1, 0.15) is 11.6 Å². The topological polar surface area (TPSA) is 93.8 Å². The molecule has 0 bridgehead atoms. The highest BCUT2D eigenvalue weighted by molar-refractivity contribution is 9.10. The fourth-order valence-corrected chi connectivity index (χ4v) is 3.39. The van der Waals surface area contributed by atoms with E-state index in [1.165, 1.54) is 10.9 Å². The van der Waals surface area contributed by atoms with Crippen LogP contribution in [0.1, 0.15) is 31.2 Å². The second kappa shape index (κ2) is 9.86. The highest BCUT2D eigenvalue weighted by Gasteiger charge is 2.11. The molecular formula is C21H19BrClN3O4. The van der Waals surface area contributed by atoms with E-state index in [9.17, 15) is 9.59 Å². The number of carbonyl (C=O) groups is 1. The van der Waals surface area contributed by atoms with Crippen molar-refractivity contribution in [2.24, 2.45) is 5.10 Å². The van der Waals surface area contributed by atoms with E-state index in [1.54, 1.807) is 30.3 Å². The molecule has 7 nitrogen and oxygen atoms in total. The SMILES string of the molecule is CCCCc1nc2ccc(Br)cc2c(=O)n1N=Cc1ccc(OCC(=O)O)c(Cl)c1. The van der Waals surface area contributed by atoms with E-state index in [-0.39, 0.29) is 16.3 Å². The molecule has 0 amide bonds. The number of benzene rings is 2. The molecule has 0 saturated heterocycles. The van der Waals surface area contributed by atoms with Gasteiger partial charge < -0.3 is 9.84 Å². The van der Waals surface area contributed by atoms with Crippen molar-refractivity contribution in [3.63, 3.8) is 0 Å². The third-order valence-electron chi connectivity index (χ3n) is 4.26. The number of aliphatic carboxylic acids is 1. The summed E-state index contributed by atoms with van der Waals surface area (Å²) in [7, 11) is 0. The molecule has 3 aromatic rings. The van der Waals surface area contributed by atoms with Crippen molar-refractivity contribution in [1.29, 1.82) is 0 Å². The number of nitrogens with zero attached hydrogens (tertiary/aromatic N) is 3. The van der Waals surface area contributed by atoms with Gasteiger partial charge in [-0.25, -0.2) is 9.78 Å². The molecule has 0 fully saturated rings. The summed E-state index contributed by atoms with van der Waals surface area (Å²) in [6, 6.07) is 10.2. The molecule has 0 aliphatic rings. The van der Waals surface area contributed by atoms with Crippen LogP contribution in [0.15, 0.2) is 50.8 Å². The summed E-state index contributed by atoms with van der Waals surface area (Å²) in [5.41, 5.74) is 1.00. The van der Waals surface area contributed by atoms with E-state index >= 15 is 0 Å². The Bertz CT molecular complexity index is 1180. The summed E-state index contributed by atoms with van der Waals surface area (Å²) < 4.78 is 7.21. The van der Waals surface area contributed by atoms with Crippen molar-refractivity contribution < 1.29 is 14.6 Å². The maximum Gasteiger partial charge on any atom is 0.341 e. The van der Waals surface area contributed by atoms with Gasteiger partial charge in [-0.05, 0) is 48.4 Å². The minimum Gasteiger partial charge on any atom is -0.480 e. The first-order valence-electron chi connectivity index (χ1n) is 9.28. The average Bonchev–Trinajstić information content (AvgIpc) is 2.71. The monoisotopic (exact) mass is 491 g/mol. The molecular weight excluding hydrogens is 474 g/mol. The summed E-state index contributed by atoms with van der Waals surface area (Å²) in [6.45, 7) is 1.58. The van der Waals surface area contributed by atoms with Crippen molar-refractivity contribution >= 4 is 50.6 Å². The Labute approximate surface area is 186 Å². The van der Waals surface area contributed by atoms with Crippen LogP contribution in [0.2, 0.25) is 5.02 Å². The Morgan fingerprint density at radius 2 is 2.13 bits per heavy atom. The minimum absolute atomic E-state index is 0.249. The molecule has 0 unspecified atom stereocenters. The molecule has 1 N–H and O–H groups in total. The van der Waals surface area contributed by atoms with Crippen molar-refractivity contribution in [3.05, 3.63) is 67.6 Å². The molecule has 156 valence electrons. The van der Waals surface area contributed by atoms with Gasteiger partial charge in [0.15, 0.2) is 6.61 Å². The Morgan fingerprint density at radius 1 is 1.33 bits per heavy atom. The smallest absolute Gasteiger partial charge is 0.341 e.